The van der Waals surface area contributed by atoms with Crippen molar-refractivity contribution in [2.75, 3.05) is 10.6 Å². The maximum Gasteiger partial charge on any atom is 0.417 e. The second-order valence-corrected chi connectivity index (χ2v) is 5.72. The van der Waals surface area contributed by atoms with E-state index in [9.17, 15) is 4.79 Å². The SMILES string of the molecule is CCc1ccc(Nc2cc(C)ncn2)cc1NC(=O)Oc1ccccc1. The molecule has 0 unspecified atom stereocenters. The zero-order valence-electron chi connectivity index (χ0n) is 14.7. The van der Waals surface area contributed by atoms with Crippen LogP contribution in [0.15, 0.2) is 60.9 Å². The molecule has 0 bridgehead atoms. The van der Waals surface area contributed by atoms with E-state index >= 15 is 0 Å². The summed E-state index contributed by atoms with van der Waals surface area (Å²) in [6.07, 6.45) is 1.77. The zero-order valence-corrected chi connectivity index (χ0v) is 14.7. The van der Waals surface area contributed by atoms with Gasteiger partial charge in [-0.15, -0.1) is 0 Å². The molecule has 26 heavy (non-hydrogen) atoms. The summed E-state index contributed by atoms with van der Waals surface area (Å²) >= 11 is 0. The predicted molar refractivity (Wildman–Crippen MR) is 102 cm³/mol. The second-order valence-electron chi connectivity index (χ2n) is 5.72. The molecule has 6 nitrogen and oxygen atoms in total. The average Bonchev–Trinajstić information content (AvgIpc) is 2.63. The average molecular weight is 348 g/mol. The number of carbonyl (C=O) groups excluding carboxylic acids is 1. The fourth-order valence-corrected chi connectivity index (χ4v) is 2.48. The fraction of sp³-hybridized carbons (Fsp3) is 0.150. The van der Waals surface area contributed by atoms with Crippen molar-refractivity contribution in [2.24, 2.45) is 0 Å². The fourth-order valence-electron chi connectivity index (χ4n) is 2.48. The highest BCUT2D eigenvalue weighted by Crippen LogP contribution is 2.24. The number of para-hydroxylation sites is 1. The molecule has 1 amide bonds. The highest BCUT2D eigenvalue weighted by atomic mass is 16.6. The second kappa shape index (κ2) is 8.11. The molecule has 0 atom stereocenters. The molecule has 132 valence electrons. The maximum absolute atomic E-state index is 12.2. The van der Waals surface area contributed by atoms with Crippen LogP contribution in [0.4, 0.5) is 22.0 Å². The smallest absolute Gasteiger partial charge is 0.410 e. The van der Waals surface area contributed by atoms with Crippen LogP contribution < -0.4 is 15.4 Å². The van der Waals surface area contributed by atoms with Crippen molar-refractivity contribution in [3.63, 3.8) is 0 Å². The Labute approximate surface area is 152 Å². The van der Waals surface area contributed by atoms with Gasteiger partial charge >= 0.3 is 6.09 Å². The summed E-state index contributed by atoms with van der Waals surface area (Å²) in [5.41, 5.74) is 3.40. The number of carbonyl (C=O) groups is 1. The van der Waals surface area contributed by atoms with E-state index in [1.165, 1.54) is 6.33 Å². The van der Waals surface area contributed by atoms with Gasteiger partial charge in [0.15, 0.2) is 0 Å². The summed E-state index contributed by atoms with van der Waals surface area (Å²) in [5, 5.41) is 6.03. The highest BCUT2D eigenvalue weighted by molar-refractivity contribution is 5.88. The zero-order chi connectivity index (χ0) is 18.4. The Morgan fingerprint density at radius 1 is 1.08 bits per heavy atom. The number of nitrogens with one attached hydrogen (secondary N) is 2. The standard InChI is InChI=1S/C20H20N4O2/c1-3-15-9-10-16(23-19-11-14(2)21-13-22-19)12-18(15)24-20(25)26-17-7-5-4-6-8-17/h4-13H,3H2,1-2H3,(H,24,25)(H,21,22,23). The summed E-state index contributed by atoms with van der Waals surface area (Å²) < 4.78 is 5.30. The molecule has 0 radical (unpaired) electrons. The maximum atomic E-state index is 12.2. The lowest BCUT2D eigenvalue weighted by atomic mass is 10.1. The Balaban J connectivity index is 1.76. The van der Waals surface area contributed by atoms with E-state index in [2.05, 4.69) is 20.6 Å². The van der Waals surface area contributed by atoms with E-state index < -0.39 is 6.09 Å². The first-order valence-corrected chi connectivity index (χ1v) is 8.36. The van der Waals surface area contributed by atoms with Crippen LogP contribution in [0, 0.1) is 6.92 Å². The number of hydrogen-bond acceptors (Lipinski definition) is 5. The van der Waals surface area contributed by atoms with Crippen LogP contribution in [0.3, 0.4) is 0 Å². The Morgan fingerprint density at radius 2 is 1.88 bits per heavy atom. The molecule has 0 saturated heterocycles. The summed E-state index contributed by atoms with van der Waals surface area (Å²) in [5.74, 6) is 1.19. The van der Waals surface area contributed by atoms with E-state index in [-0.39, 0.29) is 0 Å². The van der Waals surface area contributed by atoms with E-state index in [0.29, 0.717) is 17.3 Å². The van der Waals surface area contributed by atoms with Gasteiger partial charge in [0.05, 0.1) is 0 Å². The molecular formula is C20H20N4O2. The van der Waals surface area contributed by atoms with Crippen LogP contribution in [0.2, 0.25) is 0 Å². The van der Waals surface area contributed by atoms with Gasteiger partial charge < -0.3 is 10.1 Å². The van der Waals surface area contributed by atoms with Gasteiger partial charge in [-0.2, -0.15) is 0 Å². The molecule has 1 aromatic heterocycles. The molecular weight excluding hydrogens is 328 g/mol. The van der Waals surface area contributed by atoms with Gasteiger partial charge in [-0.05, 0) is 43.2 Å². The predicted octanol–water partition coefficient (Wildman–Crippen LogP) is 4.70. The lowest BCUT2D eigenvalue weighted by Gasteiger charge is -2.13. The third kappa shape index (κ3) is 4.57. The van der Waals surface area contributed by atoms with Crippen molar-refractivity contribution >= 4 is 23.3 Å². The molecule has 0 spiro atoms. The van der Waals surface area contributed by atoms with Crippen molar-refractivity contribution in [1.29, 1.82) is 0 Å². The molecule has 0 aliphatic heterocycles. The first-order chi connectivity index (χ1) is 12.6. The lowest BCUT2D eigenvalue weighted by Crippen LogP contribution is -2.17. The molecule has 0 fully saturated rings. The van der Waals surface area contributed by atoms with Gasteiger partial charge in [-0.1, -0.05) is 31.2 Å². The number of hydrogen-bond donors (Lipinski definition) is 2. The first-order valence-electron chi connectivity index (χ1n) is 8.36. The Kier molecular flexibility index (Phi) is 5.43. The molecule has 0 aliphatic rings. The minimum absolute atomic E-state index is 0.494. The minimum atomic E-state index is -0.527. The number of rotatable bonds is 5. The van der Waals surface area contributed by atoms with Crippen LogP contribution >= 0.6 is 0 Å². The van der Waals surface area contributed by atoms with Crippen molar-refractivity contribution in [3.05, 3.63) is 72.2 Å². The number of benzene rings is 2. The molecule has 2 aromatic carbocycles. The van der Waals surface area contributed by atoms with Crippen LogP contribution in [-0.4, -0.2) is 16.1 Å². The van der Waals surface area contributed by atoms with Gasteiger partial charge in [0.25, 0.3) is 0 Å². The number of amides is 1. The summed E-state index contributed by atoms with van der Waals surface area (Å²) in [6.45, 7) is 3.93. The topological polar surface area (TPSA) is 76.1 Å². The van der Waals surface area contributed by atoms with Gasteiger partial charge in [-0.3, -0.25) is 5.32 Å². The summed E-state index contributed by atoms with van der Waals surface area (Å²) in [6, 6.07) is 16.6. The van der Waals surface area contributed by atoms with Crippen LogP contribution in [0.5, 0.6) is 5.75 Å². The Morgan fingerprint density at radius 3 is 2.62 bits per heavy atom. The van der Waals surface area contributed by atoms with Crippen LogP contribution in [0.1, 0.15) is 18.2 Å². The third-order valence-corrected chi connectivity index (χ3v) is 3.76. The Hall–Kier alpha value is -3.41. The first kappa shape index (κ1) is 17.4. The largest absolute Gasteiger partial charge is 0.417 e. The number of aromatic nitrogens is 2. The van der Waals surface area contributed by atoms with Crippen molar-refractivity contribution in [2.45, 2.75) is 20.3 Å². The molecule has 3 aromatic rings. The number of ether oxygens (including phenoxy) is 1. The molecule has 6 heteroatoms. The van der Waals surface area contributed by atoms with Crippen molar-refractivity contribution in [1.82, 2.24) is 9.97 Å². The molecule has 3 rings (SSSR count). The quantitative estimate of drug-likeness (QED) is 0.699. The van der Waals surface area contributed by atoms with Crippen molar-refractivity contribution in [3.8, 4) is 5.75 Å². The van der Waals surface area contributed by atoms with Gasteiger partial charge in [0, 0.05) is 23.1 Å². The van der Waals surface area contributed by atoms with Crippen molar-refractivity contribution < 1.29 is 9.53 Å². The van der Waals surface area contributed by atoms with E-state index in [4.69, 9.17) is 4.74 Å². The number of anilines is 3. The van der Waals surface area contributed by atoms with Gasteiger partial charge in [0.2, 0.25) is 0 Å². The monoisotopic (exact) mass is 348 g/mol. The highest BCUT2D eigenvalue weighted by Gasteiger charge is 2.09. The molecule has 1 heterocycles. The molecule has 0 saturated carbocycles. The Bertz CT molecular complexity index is 897. The summed E-state index contributed by atoms with van der Waals surface area (Å²) in [7, 11) is 0. The molecule has 2 N–H and O–H groups in total. The lowest BCUT2D eigenvalue weighted by molar-refractivity contribution is 0.215. The third-order valence-electron chi connectivity index (χ3n) is 3.76. The van der Waals surface area contributed by atoms with Gasteiger partial charge in [0.1, 0.15) is 17.9 Å². The van der Waals surface area contributed by atoms with Crippen LogP contribution in [0.25, 0.3) is 0 Å². The summed E-state index contributed by atoms with van der Waals surface area (Å²) in [4.78, 5) is 20.5. The van der Waals surface area contributed by atoms with Gasteiger partial charge in [-0.25, -0.2) is 14.8 Å². The van der Waals surface area contributed by atoms with Crippen LogP contribution in [-0.2, 0) is 6.42 Å². The molecule has 0 aliphatic carbocycles. The number of aryl methyl sites for hydroxylation is 2. The van der Waals surface area contributed by atoms with E-state index in [1.54, 1.807) is 12.1 Å². The number of nitrogens with zero attached hydrogens (tertiary/aromatic N) is 2. The normalized spacial score (nSPS) is 10.2. The van der Waals surface area contributed by atoms with E-state index in [1.807, 2.05) is 56.3 Å². The van der Waals surface area contributed by atoms with E-state index in [0.717, 1.165) is 23.4 Å². The minimum Gasteiger partial charge on any atom is -0.410 e.